The molecule has 22 heavy (non-hydrogen) atoms. The number of H-pyrrole nitrogens is 1. The summed E-state index contributed by atoms with van der Waals surface area (Å²) in [6, 6.07) is 3.57. The van der Waals surface area contributed by atoms with Gasteiger partial charge in [-0.1, -0.05) is 37.0 Å². The molecule has 1 aromatic heterocycles. The highest BCUT2D eigenvalue weighted by molar-refractivity contribution is 6.38. The zero-order valence-electron chi connectivity index (χ0n) is 12.6. The summed E-state index contributed by atoms with van der Waals surface area (Å²) in [6.07, 6.45) is 0.710. The van der Waals surface area contributed by atoms with Crippen molar-refractivity contribution in [3.8, 4) is 0 Å². The van der Waals surface area contributed by atoms with E-state index < -0.39 is 5.79 Å². The fourth-order valence-electron chi connectivity index (χ4n) is 3.07. The van der Waals surface area contributed by atoms with Crippen LogP contribution in [0, 0.1) is 5.92 Å². The fourth-order valence-corrected chi connectivity index (χ4v) is 3.62. The van der Waals surface area contributed by atoms with Crippen LogP contribution in [-0.4, -0.2) is 17.6 Å². The molecule has 0 fully saturated rings. The number of aromatic amines is 1. The number of aromatic nitrogens is 1. The molecule has 1 aromatic carbocycles. The lowest BCUT2D eigenvalue weighted by Crippen LogP contribution is -2.44. The van der Waals surface area contributed by atoms with Crippen LogP contribution in [0.25, 0.3) is 10.9 Å². The number of ether oxygens (including phenoxy) is 2. The number of esters is 1. The third kappa shape index (κ3) is 2.30. The van der Waals surface area contributed by atoms with E-state index in [-0.39, 0.29) is 11.9 Å². The molecule has 2 aromatic rings. The Bertz CT molecular complexity index is 753. The molecule has 0 bridgehead atoms. The summed E-state index contributed by atoms with van der Waals surface area (Å²) < 4.78 is 11.5. The van der Waals surface area contributed by atoms with Crippen LogP contribution in [0.1, 0.15) is 32.0 Å². The summed E-state index contributed by atoms with van der Waals surface area (Å²) in [6.45, 7) is 5.76. The minimum atomic E-state index is -1.12. The average molecular weight is 342 g/mol. The first-order chi connectivity index (χ1) is 10.3. The quantitative estimate of drug-likeness (QED) is 0.822. The summed E-state index contributed by atoms with van der Waals surface area (Å²) in [5.74, 6) is -1.56. The van der Waals surface area contributed by atoms with Gasteiger partial charge in [-0.2, -0.15) is 0 Å². The predicted molar refractivity (Wildman–Crippen MR) is 86.3 cm³/mol. The first-order valence-corrected chi connectivity index (χ1v) is 7.94. The molecule has 1 atom stereocenters. The van der Waals surface area contributed by atoms with Crippen LogP contribution < -0.4 is 0 Å². The molecule has 0 radical (unpaired) electrons. The Morgan fingerprint density at radius 1 is 1.41 bits per heavy atom. The second kappa shape index (κ2) is 5.44. The number of fused-ring (bicyclic) bond motifs is 3. The summed E-state index contributed by atoms with van der Waals surface area (Å²) in [4.78, 5) is 14.9. The second-order valence-electron chi connectivity index (χ2n) is 5.80. The van der Waals surface area contributed by atoms with Crippen LogP contribution in [0.4, 0.5) is 0 Å². The normalized spacial score (nSPS) is 21.2. The Labute approximate surface area is 138 Å². The lowest BCUT2D eigenvalue weighted by molar-refractivity contribution is -0.265. The van der Waals surface area contributed by atoms with Crippen LogP contribution in [-0.2, 0) is 26.5 Å². The summed E-state index contributed by atoms with van der Waals surface area (Å²) in [5, 5.41) is 2.07. The zero-order valence-corrected chi connectivity index (χ0v) is 14.1. The highest BCUT2D eigenvalue weighted by atomic mass is 35.5. The Kier molecular flexibility index (Phi) is 3.87. The molecule has 0 saturated heterocycles. The first kappa shape index (κ1) is 15.7. The molecule has 1 aliphatic heterocycles. The van der Waals surface area contributed by atoms with Crippen molar-refractivity contribution in [2.24, 2.45) is 5.92 Å². The van der Waals surface area contributed by atoms with Crippen molar-refractivity contribution in [2.75, 3.05) is 6.61 Å². The van der Waals surface area contributed by atoms with E-state index in [0.29, 0.717) is 23.1 Å². The van der Waals surface area contributed by atoms with Crippen molar-refractivity contribution in [3.63, 3.8) is 0 Å². The number of hydrogen-bond donors (Lipinski definition) is 1. The van der Waals surface area contributed by atoms with Gasteiger partial charge in [0.1, 0.15) is 0 Å². The molecule has 1 aliphatic rings. The van der Waals surface area contributed by atoms with Gasteiger partial charge in [-0.25, -0.2) is 0 Å². The summed E-state index contributed by atoms with van der Waals surface area (Å²) >= 11 is 12.4. The molecule has 2 heterocycles. The second-order valence-corrected chi connectivity index (χ2v) is 6.65. The van der Waals surface area contributed by atoms with Gasteiger partial charge >= 0.3 is 5.97 Å². The topological polar surface area (TPSA) is 51.3 Å². The van der Waals surface area contributed by atoms with Crippen molar-refractivity contribution < 1.29 is 14.3 Å². The minimum Gasteiger partial charge on any atom is -0.427 e. The number of carbonyl (C=O) groups is 1. The maximum Gasteiger partial charge on any atom is 0.305 e. The van der Waals surface area contributed by atoms with E-state index in [2.05, 4.69) is 4.98 Å². The van der Waals surface area contributed by atoms with Gasteiger partial charge in [-0.05, 0) is 24.1 Å². The highest BCUT2D eigenvalue weighted by Gasteiger charge is 2.46. The van der Waals surface area contributed by atoms with Gasteiger partial charge in [0, 0.05) is 23.3 Å². The number of rotatable bonds is 2. The van der Waals surface area contributed by atoms with Crippen LogP contribution >= 0.6 is 23.2 Å². The van der Waals surface area contributed by atoms with E-state index in [1.807, 2.05) is 19.9 Å². The van der Waals surface area contributed by atoms with E-state index in [9.17, 15) is 4.79 Å². The SMILES string of the molecule is CC(=O)OC1(C(C)C)OCCc2c1[nH]c1c(Cl)cc(Cl)cc21. The molecule has 118 valence electrons. The largest absolute Gasteiger partial charge is 0.427 e. The van der Waals surface area contributed by atoms with Crippen LogP contribution in [0.3, 0.4) is 0 Å². The third-order valence-corrected chi connectivity index (χ3v) is 4.52. The van der Waals surface area contributed by atoms with Gasteiger partial charge in [-0.3, -0.25) is 4.79 Å². The summed E-state index contributed by atoms with van der Waals surface area (Å²) in [7, 11) is 0. The van der Waals surface area contributed by atoms with E-state index >= 15 is 0 Å². The summed E-state index contributed by atoms with van der Waals surface area (Å²) in [5.41, 5.74) is 2.59. The molecule has 0 spiro atoms. The van der Waals surface area contributed by atoms with Crippen molar-refractivity contribution in [2.45, 2.75) is 33.0 Å². The zero-order chi connectivity index (χ0) is 16.1. The number of benzene rings is 1. The molecule has 1 N–H and O–H groups in total. The Balaban J connectivity index is 2.29. The van der Waals surface area contributed by atoms with Gasteiger partial charge in [0.2, 0.25) is 0 Å². The number of halogens is 2. The third-order valence-electron chi connectivity index (χ3n) is 4.00. The van der Waals surface area contributed by atoms with Crippen LogP contribution in [0.2, 0.25) is 10.0 Å². The lowest BCUT2D eigenvalue weighted by Gasteiger charge is -2.39. The van der Waals surface area contributed by atoms with Crippen LogP contribution in [0.5, 0.6) is 0 Å². The maximum atomic E-state index is 11.6. The van der Waals surface area contributed by atoms with Crippen molar-refractivity contribution >= 4 is 40.1 Å². The highest BCUT2D eigenvalue weighted by Crippen LogP contribution is 2.44. The Morgan fingerprint density at radius 3 is 2.77 bits per heavy atom. The smallest absolute Gasteiger partial charge is 0.305 e. The van der Waals surface area contributed by atoms with Gasteiger partial charge in [0.25, 0.3) is 5.79 Å². The van der Waals surface area contributed by atoms with E-state index in [4.69, 9.17) is 32.7 Å². The van der Waals surface area contributed by atoms with Gasteiger partial charge < -0.3 is 14.5 Å². The molecular formula is C16H17Cl2NO3. The Morgan fingerprint density at radius 2 is 2.14 bits per heavy atom. The van der Waals surface area contributed by atoms with Crippen molar-refractivity contribution in [1.29, 1.82) is 0 Å². The molecule has 0 aliphatic carbocycles. The van der Waals surface area contributed by atoms with E-state index in [0.717, 1.165) is 22.2 Å². The van der Waals surface area contributed by atoms with Gasteiger partial charge in [-0.15, -0.1) is 0 Å². The molecule has 4 nitrogen and oxygen atoms in total. The number of carbonyl (C=O) groups excluding carboxylic acids is 1. The van der Waals surface area contributed by atoms with E-state index in [1.54, 1.807) is 6.07 Å². The molecule has 3 rings (SSSR count). The van der Waals surface area contributed by atoms with E-state index in [1.165, 1.54) is 6.92 Å². The number of nitrogens with one attached hydrogen (secondary N) is 1. The van der Waals surface area contributed by atoms with Crippen molar-refractivity contribution in [1.82, 2.24) is 4.98 Å². The Hall–Kier alpha value is -1.23. The van der Waals surface area contributed by atoms with Gasteiger partial charge in [0.15, 0.2) is 0 Å². The average Bonchev–Trinajstić information content (AvgIpc) is 2.78. The first-order valence-electron chi connectivity index (χ1n) is 7.18. The molecular weight excluding hydrogens is 325 g/mol. The maximum absolute atomic E-state index is 11.6. The number of hydrogen-bond acceptors (Lipinski definition) is 3. The molecule has 0 saturated carbocycles. The predicted octanol–water partition coefficient (Wildman–Crippen LogP) is 4.42. The fraction of sp³-hybridized carbons (Fsp3) is 0.438. The minimum absolute atomic E-state index is 0.0576. The lowest BCUT2D eigenvalue weighted by atomic mass is 9.92. The monoisotopic (exact) mass is 341 g/mol. The molecule has 0 amide bonds. The standard InChI is InChI=1S/C16H17Cl2NO3/c1-8(2)16(22-9(3)20)15-11(4-5-21-16)12-6-10(17)7-13(18)14(12)19-15/h6-8,19H,4-5H2,1-3H3. The van der Waals surface area contributed by atoms with Gasteiger partial charge in [0.05, 0.1) is 22.8 Å². The molecule has 1 unspecified atom stereocenters. The molecule has 6 heteroatoms. The van der Waals surface area contributed by atoms with Crippen molar-refractivity contribution in [3.05, 3.63) is 33.4 Å². The van der Waals surface area contributed by atoms with Crippen LogP contribution in [0.15, 0.2) is 12.1 Å².